The van der Waals surface area contributed by atoms with Crippen molar-refractivity contribution in [3.05, 3.63) is 52.5 Å². The Morgan fingerprint density at radius 2 is 2.38 bits per heavy atom. The molecule has 0 radical (unpaired) electrons. The Morgan fingerprint density at radius 1 is 1.57 bits per heavy atom. The zero-order valence-electron chi connectivity index (χ0n) is 12.5. The SMILES string of the molecule is C=CCCC(=O)NCC(c1cccs1)n1nc(C)cc1C. The Hall–Kier alpha value is -1.88. The van der Waals surface area contributed by atoms with Crippen LogP contribution in [-0.4, -0.2) is 22.2 Å². The standard InChI is InChI=1S/C16H21N3OS/c1-4-5-8-16(20)17-11-14(15-7-6-9-21-15)19-13(3)10-12(2)18-19/h4,6-7,9-10,14H,1,5,8,11H2,2-3H3,(H,17,20). The van der Waals surface area contributed by atoms with Gasteiger partial charge < -0.3 is 5.32 Å². The largest absolute Gasteiger partial charge is 0.354 e. The van der Waals surface area contributed by atoms with Crippen molar-refractivity contribution in [2.45, 2.75) is 32.7 Å². The first-order valence-corrected chi connectivity index (χ1v) is 7.93. The molecule has 0 aliphatic heterocycles. The number of aryl methyl sites for hydroxylation is 2. The molecule has 2 aromatic rings. The molecular formula is C16H21N3OS. The molecule has 0 fully saturated rings. The van der Waals surface area contributed by atoms with E-state index in [9.17, 15) is 4.79 Å². The lowest BCUT2D eigenvalue weighted by molar-refractivity contribution is -0.121. The molecule has 0 saturated carbocycles. The van der Waals surface area contributed by atoms with Crippen molar-refractivity contribution in [2.75, 3.05) is 6.54 Å². The number of hydrogen-bond acceptors (Lipinski definition) is 3. The average Bonchev–Trinajstić information content (AvgIpc) is 3.07. The number of amides is 1. The Morgan fingerprint density at radius 3 is 2.95 bits per heavy atom. The van der Waals surface area contributed by atoms with Gasteiger partial charge in [0, 0.05) is 23.5 Å². The monoisotopic (exact) mass is 303 g/mol. The third-order valence-corrected chi connectivity index (χ3v) is 4.25. The summed E-state index contributed by atoms with van der Waals surface area (Å²) in [6.07, 6.45) is 2.95. The summed E-state index contributed by atoms with van der Waals surface area (Å²) in [6.45, 7) is 8.22. The van der Waals surface area contributed by atoms with Gasteiger partial charge in [-0.25, -0.2) is 0 Å². The van der Waals surface area contributed by atoms with E-state index in [0.29, 0.717) is 19.4 Å². The van der Waals surface area contributed by atoms with Crippen molar-refractivity contribution in [1.29, 1.82) is 0 Å². The molecule has 2 aromatic heterocycles. The van der Waals surface area contributed by atoms with E-state index < -0.39 is 0 Å². The zero-order chi connectivity index (χ0) is 15.2. The van der Waals surface area contributed by atoms with Crippen molar-refractivity contribution < 1.29 is 4.79 Å². The quantitative estimate of drug-likeness (QED) is 0.798. The molecule has 1 amide bonds. The normalized spacial score (nSPS) is 12.1. The minimum atomic E-state index is 0.0476. The fourth-order valence-electron chi connectivity index (χ4n) is 2.28. The summed E-state index contributed by atoms with van der Waals surface area (Å²) in [6, 6.07) is 6.21. The highest BCUT2D eigenvalue weighted by atomic mass is 32.1. The van der Waals surface area contributed by atoms with Gasteiger partial charge in [-0.2, -0.15) is 5.10 Å². The molecule has 5 heteroatoms. The second-order valence-corrected chi connectivity index (χ2v) is 6.01. The van der Waals surface area contributed by atoms with Crippen molar-refractivity contribution in [3.63, 3.8) is 0 Å². The Kier molecular flexibility index (Phi) is 5.33. The fourth-order valence-corrected chi connectivity index (χ4v) is 3.09. The van der Waals surface area contributed by atoms with Crippen LogP contribution in [0.25, 0.3) is 0 Å². The number of allylic oxidation sites excluding steroid dienone is 1. The van der Waals surface area contributed by atoms with Crippen LogP contribution in [0.1, 0.15) is 35.1 Å². The number of nitrogens with zero attached hydrogens (tertiary/aromatic N) is 2. The summed E-state index contributed by atoms with van der Waals surface area (Å²) in [5, 5.41) is 9.61. The third kappa shape index (κ3) is 4.04. The van der Waals surface area contributed by atoms with E-state index in [-0.39, 0.29) is 11.9 Å². The summed E-state index contributed by atoms with van der Waals surface area (Å²) in [5.74, 6) is 0.0537. The summed E-state index contributed by atoms with van der Waals surface area (Å²) in [7, 11) is 0. The van der Waals surface area contributed by atoms with Gasteiger partial charge in [0.25, 0.3) is 0 Å². The number of aromatic nitrogens is 2. The van der Waals surface area contributed by atoms with Gasteiger partial charge in [-0.1, -0.05) is 12.1 Å². The zero-order valence-corrected chi connectivity index (χ0v) is 13.3. The summed E-state index contributed by atoms with van der Waals surface area (Å²) < 4.78 is 1.99. The Balaban J connectivity index is 2.12. The van der Waals surface area contributed by atoms with Crippen molar-refractivity contribution >= 4 is 17.2 Å². The predicted molar refractivity (Wildman–Crippen MR) is 86.6 cm³/mol. The van der Waals surface area contributed by atoms with Gasteiger partial charge in [0.1, 0.15) is 6.04 Å². The molecule has 0 bridgehead atoms. The molecule has 0 aliphatic rings. The van der Waals surface area contributed by atoms with Crippen LogP contribution in [-0.2, 0) is 4.79 Å². The summed E-state index contributed by atoms with van der Waals surface area (Å²) >= 11 is 1.69. The van der Waals surface area contributed by atoms with Crippen LogP contribution in [0, 0.1) is 13.8 Å². The maximum Gasteiger partial charge on any atom is 0.220 e. The molecule has 112 valence electrons. The van der Waals surface area contributed by atoms with E-state index in [0.717, 1.165) is 11.4 Å². The lowest BCUT2D eigenvalue weighted by Gasteiger charge is -2.18. The summed E-state index contributed by atoms with van der Waals surface area (Å²) in [5.41, 5.74) is 2.10. The summed E-state index contributed by atoms with van der Waals surface area (Å²) in [4.78, 5) is 13.0. The highest BCUT2D eigenvalue weighted by Crippen LogP contribution is 2.24. The number of hydrogen-bond donors (Lipinski definition) is 1. The molecule has 2 heterocycles. The van der Waals surface area contributed by atoms with Gasteiger partial charge in [0.2, 0.25) is 5.91 Å². The van der Waals surface area contributed by atoms with E-state index in [4.69, 9.17) is 0 Å². The highest BCUT2D eigenvalue weighted by Gasteiger charge is 2.18. The van der Waals surface area contributed by atoms with Gasteiger partial charge in [0.15, 0.2) is 0 Å². The first-order valence-electron chi connectivity index (χ1n) is 7.05. The van der Waals surface area contributed by atoms with Gasteiger partial charge in [-0.3, -0.25) is 9.48 Å². The maximum atomic E-state index is 11.8. The Labute approximate surface area is 129 Å². The van der Waals surface area contributed by atoms with Gasteiger partial charge in [0.05, 0.1) is 5.69 Å². The molecule has 2 rings (SSSR count). The topological polar surface area (TPSA) is 46.9 Å². The lowest BCUT2D eigenvalue weighted by Crippen LogP contribution is -2.31. The molecule has 0 aliphatic carbocycles. The van der Waals surface area contributed by atoms with Crippen LogP contribution >= 0.6 is 11.3 Å². The Bertz CT molecular complexity index is 601. The molecule has 1 N–H and O–H groups in total. The smallest absolute Gasteiger partial charge is 0.220 e. The predicted octanol–water partition coefficient (Wildman–Crippen LogP) is 3.23. The number of nitrogens with one attached hydrogen (secondary N) is 1. The first-order chi connectivity index (χ1) is 10.1. The number of carbonyl (C=O) groups excluding carboxylic acids is 1. The van der Waals surface area contributed by atoms with Crippen LogP contribution in [0.3, 0.4) is 0 Å². The van der Waals surface area contributed by atoms with E-state index in [1.165, 1.54) is 4.88 Å². The molecule has 0 spiro atoms. The first kappa shape index (κ1) is 15.5. The minimum Gasteiger partial charge on any atom is -0.354 e. The van der Waals surface area contributed by atoms with Crippen molar-refractivity contribution in [1.82, 2.24) is 15.1 Å². The lowest BCUT2D eigenvalue weighted by atomic mass is 10.2. The van der Waals surface area contributed by atoms with Crippen LogP contribution in [0.5, 0.6) is 0 Å². The van der Waals surface area contributed by atoms with Crippen molar-refractivity contribution in [3.8, 4) is 0 Å². The van der Waals surface area contributed by atoms with Crippen LogP contribution < -0.4 is 5.32 Å². The van der Waals surface area contributed by atoms with E-state index in [1.807, 2.05) is 30.0 Å². The molecule has 1 atom stereocenters. The van der Waals surface area contributed by atoms with E-state index >= 15 is 0 Å². The molecule has 0 aromatic carbocycles. The molecule has 0 saturated heterocycles. The van der Waals surface area contributed by atoms with Gasteiger partial charge >= 0.3 is 0 Å². The second kappa shape index (κ2) is 7.22. The molecular weight excluding hydrogens is 282 g/mol. The number of carbonyl (C=O) groups is 1. The van der Waals surface area contributed by atoms with Crippen molar-refractivity contribution in [2.24, 2.45) is 0 Å². The van der Waals surface area contributed by atoms with E-state index in [1.54, 1.807) is 17.4 Å². The second-order valence-electron chi connectivity index (χ2n) is 5.03. The molecule has 1 unspecified atom stereocenters. The van der Waals surface area contributed by atoms with Crippen LogP contribution in [0.4, 0.5) is 0 Å². The van der Waals surface area contributed by atoms with E-state index in [2.05, 4.69) is 29.1 Å². The average molecular weight is 303 g/mol. The highest BCUT2D eigenvalue weighted by molar-refractivity contribution is 7.10. The third-order valence-electron chi connectivity index (χ3n) is 3.28. The maximum absolute atomic E-state index is 11.8. The number of thiophene rings is 1. The van der Waals surface area contributed by atoms with Crippen LogP contribution in [0.2, 0.25) is 0 Å². The fraction of sp³-hybridized carbons (Fsp3) is 0.375. The number of rotatable bonds is 7. The van der Waals surface area contributed by atoms with Gasteiger partial charge in [-0.15, -0.1) is 17.9 Å². The van der Waals surface area contributed by atoms with Crippen LogP contribution in [0.15, 0.2) is 36.2 Å². The molecule has 4 nitrogen and oxygen atoms in total. The molecule has 21 heavy (non-hydrogen) atoms. The van der Waals surface area contributed by atoms with Gasteiger partial charge in [-0.05, 0) is 37.8 Å². The minimum absolute atomic E-state index is 0.0476.